The van der Waals surface area contributed by atoms with Crippen LogP contribution in [-0.2, 0) is 9.56 Å². The van der Waals surface area contributed by atoms with E-state index in [1.54, 1.807) is 0 Å². The summed E-state index contributed by atoms with van der Waals surface area (Å²) in [5, 5.41) is 0. The molecule has 1 saturated heterocycles. The van der Waals surface area contributed by atoms with Crippen molar-refractivity contribution in [1.82, 2.24) is 0 Å². The lowest BCUT2D eigenvalue weighted by atomic mass is 10.8. The first-order valence-corrected chi connectivity index (χ1v) is 2.63. The molecule has 0 saturated carbocycles. The third-order valence-electron chi connectivity index (χ3n) is 0.405. The molecule has 1 rings (SSSR count). The van der Waals surface area contributed by atoms with E-state index in [1.165, 1.54) is 0 Å². The largest absolute Gasteiger partial charge is 0.233 e. The van der Waals surface area contributed by atoms with Crippen LogP contribution in [0, 0.1) is 0 Å². The van der Waals surface area contributed by atoms with Gasteiger partial charge in [0.15, 0.2) is 0 Å². The highest BCUT2D eigenvalue weighted by Crippen LogP contribution is 2.17. The molecule has 0 spiro atoms. The lowest BCUT2D eigenvalue weighted by Crippen LogP contribution is -1.76. The predicted molar refractivity (Wildman–Crippen MR) is 26.0 cm³/mol. The summed E-state index contributed by atoms with van der Waals surface area (Å²) in [5.74, 6) is 0. The highest BCUT2D eigenvalue weighted by atomic mass is 31.1. The van der Waals surface area contributed by atoms with Gasteiger partial charge < -0.3 is 0 Å². The highest BCUT2D eigenvalue weighted by molar-refractivity contribution is 7.32. The van der Waals surface area contributed by atoms with Crippen molar-refractivity contribution < 1.29 is 9.56 Å². The molecule has 1 fully saturated rings. The molecule has 4 heteroatoms. The molecule has 0 aromatic carbocycles. The van der Waals surface area contributed by atoms with Gasteiger partial charge in [-0.3, -0.25) is 0 Å². The molecule has 0 bridgehead atoms. The predicted octanol–water partition coefficient (Wildman–Crippen LogP) is 0.161. The molecule has 1 heterocycles. The Labute approximate surface area is 40.6 Å². The minimum atomic E-state index is 0. The summed E-state index contributed by atoms with van der Waals surface area (Å²) in [6.45, 7) is 0.790. The van der Waals surface area contributed by atoms with Crippen LogP contribution in [-0.4, -0.2) is 21.2 Å². The third kappa shape index (κ3) is 1.76. The smallest absolute Gasteiger partial charge is 0.0884 e. The Morgan fingerprint density at radius 2 is 2.33 bits per heavy atom. The zero-order valence-corrected chi connectivity index (χ0v) is 4.31. The number of hydrogen-bond donors (Lipinski definition) is 0. The standard InChI is InChI=1S/C2H5O2P.B/c1-2-5-4-3-1;/h5H,1-2H2;. The monoisotopic (exact) mass is 103 g/mol. The molecule has 2 nitrogen and oxygen atoms in total. The molecule has 0 aliphatic carbocycles. The van der Waals surface area contributed by atoms with Crippen molar-refractivity contribution in [2.24, 2.45) is 0 Å². The van der Waals surface area contributed by atoms with E-state index in [4.69, 9.17) is 0 Å². The van der Waals surface area contributed by atoms with Crippen molar-refractivity contribution in [3.63, 3.8) is 0 Å². The van der Waals surface area contributed by atoms with Crippen molar-refractivity contribution in [3.8, 4) is 0 Å². The topological polar surface area (TPSA) is 18.5 Å². The second-order valence-electron chi connectivity index (χ2n) is 0.800. The van der Waals surface area contributed by atoms with Gasteiger partial charge in [-0.2, -0.15) is 0 Å². The van der Waals surface area contributed by atoms with Crippen LogP contribution in [0.1, 0.15) is 0 Å². The molecule has 1 aliphatic heterocycles. The molecule has 33 valence electrons. The average Bonchev–Trinajstić information content (AvgIpc) is 1.76. The zero-order chi connectivity index (χ0) is 3.54. The molecule has 0 aromatic rings. The van der Waals surface area contributed by atoms with Crippen LogP contribution in [0.4, 0.5) is 0 Å². The van der Waals surface area contributed by atoms with Crippen molar-refractivity contribution in [3.05, 3.63) is 0 Å². The van der Waals surface area contributed by atoms with E-state index in [1.807, 2.05) is 0 Å². The van der Waals surface area contributed by atoms with Crippen LogP contribution in [0.2, 0.25) is 0 Å². The molecule has 0 amide bonds. The van der Waals surface area contributed by atoms with E-state index in [0.29, 0.717) is 8.81 Å². The SMILES string of the molecule is C1CPOO1.[B]. The van der Waals surface area contributed by atoms with Gasteiger partial charge >= 0.3 is 0 Å². The van der Waals surface area contributed by atoms with Gasteiger partial charge in [-0.05, 0) is 0 Å². The van der Waals surface area contributed by atoms with Crippen LogP contribution < -0.4 is 0 Å². The molecule has 6 heavy (non-hydrogen) atoms. The van der Waals surface area contributed by atoms with E-state index in [2.05, 4.69) is 9.56 Å². The Morgan fingerprint density at radius 3 is 2.50 bits per heavy atom. The second-order valence-corrected chi connectivity index (χ2v) is 1.75. The zero-order valence-electron chi connectivity index (χ0n) is 3.31. The second kappa shape index (κ2) is 3.60. The first-order valence-electron chi connectivity index (χ1n) is 1.51. The first kappa shape index (κ1) is 6.41. The van der Waals surface area contributed by atoms with E-state index < -0.39 is 0 Å². The molecule has 0 aromatic heterocycles. The van der Waals surface area contributed by atoms with Gasteiger partial charge in [-0.15, -0.1) is 0 Å². The molecule has 1 aliphatic rings. The summed E-state index contributed by atoms with van der Waals surface area (Å²) in [7, 11) is 0.586. The van der Waals surface area contributed by atoms with Gasteiger partial charge in [0.05, 0.1) is 15.4 Å². The summed E-state index contributed by atoms with van der Waals surface area (Å²) in [6.07, 6.45) is 1.08. The fourth-order valence-corrected chi connectivity index (χ4v) is 0.625. The fourth-order valence-electron chi connectivity index (χ4n) is 0.208. The Bertz CT molecular complexity index is 23.1. The maximum atomic E-state index is 4.47. The third-order valence-corrected chi connectivity index (χ3v) is 1.05. The summed E-state index contributed by atoms with van der Waals surface area (Å²) < 4.78 is 4.47. The van der Waals surface area contributed by atoms with E-state index >= 15 is 0 Å². The quantitative estimate of drug-likeness (QED) is 0.247. The maximum absolute atomic E-state index is 4.47. The van der Waals surface area contributed by atoms with Crippen LogP contribution in [0.25, 0.3) is 0 Å². The maximum Gasteiger partial charge on any atom is 0.0884 e. The minimum absolute atomic E-state index is 0. The number of hydrogen-bond acceptors (Lipinski definition) is 2. The van der Waals surface area contributed by atoms with Crippen LogP contribution in [0.15, 0.2) is 0 Å². The Morgan fingerprint density at radius 1 is 1.50 bits per heavy atom. The first-order chi connectivity index (χ1) is 2.50. The van der Waals surface area contributed by atoms with Gasteiger partial charge in [0.25, 0.3) is 0 Å². The van der Waals surface area contributed by atoms with Gasteiger partial charge in [0.1, 0.15) is 0 Å². The summed E-state index contributed by atoms with van der Waals surface area (Å²) in [5.41, 5.74) is 0. The van der Waals surface area contributed by atoms with Gasteiger partial charge in [-0.25, -0.2) is 9.56 Å². The van der Waals surface area contributed by atoms with Crippen molar-refractivity contribution in [1.29, 1.82) is 0 Å². The van der Waals surface area contributed by atoms with Crippen LogP contribution in [0.3, 0.4) is 0 Å². The van der Waals surface area contributed by atoms with Gasteiger partial charge in [-0.1, -0.05) is 0 Å². The van der Waals surface area contributed by atoms with Crippen molar-refractivity contribution in [2.45, 2.75) is 0 Å². The van der Waals surface area contributed by atoms with Crippen LogP contribution in [0.5, 0.6) is 0 Å². The lowest BCUT2D eigenvalue weighted by molar-refractivity contribution is -0.172. The normalized spacial score (nSPS) is 24.0. The van der Waals surface area contributed by atoms with Crippen molar-refractivity contribution in [2.75, 3.05) is 12.8 Å². The van der Waals surface area contributed by atoms with E-state index in [-0.39, 0.29) is 8.41 Å². The Balaban J connectivity index is 0.000000250. The van der Waals surface area contributed by atoms with Crippen LogP contribution >= 0.6 is 8.81 Å². The average molecular weight is 103 g/mol. The molecule has 1 atom stereocenters. The minimum Gasteiger partial charge on any atom is -0.233 e. The Kier molecular flexibility index (Phi) is 3.85. The molecular weight excluding hydrogens is 97.8 g/mol. The lowest BCUT2D eigenvalue weighted by Gasteiger charge is -1.77. The fraction of sp³-hybridized carbons (Fsp3) is 1.00. The number of rotatable bonds is 0. The Hall–Kier alpha value is 0.415. The van der Waals surface area contributed by atoms with Gasteiger partial charge in [0, 0.05) is 14.6 Å². The van der Waals surface area contributed by atoms with Crippen molar-refractivity contribution >= 4 is 17.2 Å². The van der Waals surface area contributed by atoms with E-state index in [0.717, 1.165) is 12.8 Å². The van der Waals surface area contributed by atoms with E-state index in [9.17, 15) is 0 Å². The molecule has 3 radical (unpaired) electrons. The summed E-state index contributed by atoms with van der Waals surface area (Å²) in [6, 6.07) is 0. The summed E-state index contributed by atoms with van der Waals surface area (Å²) in [4.78, 5) is 4.46. The summed E-state index contributed by atoms with van der Waals surface area (Å²) >= 11 is 0. The molecule has 0 N–H and O–H groups in total. The van der Waals surface area contributed by atoms with Gasteiger partial charge in [0.2, 0.25) is 0 Å². The molecular formula is C2H5BO2P. The highest BCUT2D eigenvalue weighted by Gasteiger charge is 1.96. The molecule has 1 unspecified atom stereocenters.